The zero-order chi connectivity index (χ0) is 39.2. The third kappa shape index (κ3) is 27.0. The summed E-state index contributed by atoms with van der Waals surface area (Å²) in [6.45, 7) is 3.74. The average molecular weight is 781 g/mol. The lowest BCUT2D eigenvalue weighted by Crippen LogP contribution is -2.60. The number of aliphatic hydroxyl groups excluding tert-OH is 3. The molecule has 0 saturated carbocycles. The Hall–Kier alpha value is -1.35. The van der Waals surface area contributed by atoms with E-state index in [9.17, 15) is 37.9 Å². The van der Waals surface area contributed by atoms with Crippen LogP contribution in [0.25, 0.3) is 0 Å². The molecule has 0 aromatic rings. The number of hydrogen-bond acceptors (Lipinski definition) is 11. The van der Waals surface area contributed by atoms with Gasteiger partial charge >= 0.3 is 11.9 Å². The topological polar surface area (TPSA) is 186 Å². The minimum absolute atomic E-state index is 0.172. The van der Waals surface area contributed by atoms with Crippen LogP contribution in [0, 0.1) is 0 Å². The molecule has 0 aliphatic carbocycles. The van der Waals surface area contributed by atoms with E-state index in [0.29, 0.717) is 12.8 Å². The van der Waals surface area contributed by atoms with Crippen molar-refractivity contribution in [3.05, 3.63) is 0 Å². The summed E-state index contributed by atoms with van der Waals surface area (Å²) >= 11 is 0. The molecule has 0 spiro atoms. The lowest BCUT2D eigenvalue weighted by atomic mass is 10.00. The summed E-state index contributed by atoms with van der Waals surface area (Å²) < 4.78 is 53.9. The molecule has 0 radical (unpaired) electrons. The Balaban J connectivity index is 2.47. The Morgan fingerprint density at radius 3 is 1.38 bits per heavy atom. The maximum absolute atomic E-state index is 12.8. The van der Waals surface area contributed by atoms with Gasteiger partial charge in [-0.3, -0.25) is 14.1 Å². The molecule has 6 atom stereocenters. The van der Waals surface area contributed by atoms with Crippen molar-refractivity contribution in [2.24, 2.45) is 0 Å². The zero-order valence-corrected chi connectivity index (χ0v) is 34.0. The van der Waals surface area contributed by atoms with Gasteiger partial charge in [0, 0.05) is 12.8 Å². The predicted molar refractivity (Wildman–Crippen MR) is 206 cm³/mol. The largest absolute Gasteiger partial charge is 0.462 e. The quantitative estimate of drug-likeness (QED) is 0.0279. The van der Waals surface area contributed by atoms with Crippen molar-refractivity contribution in [3.8, 4) is 0 Å². The number of esters is 2. The summed E-state index contributed by atoms with van der Waals surface area (Å²) in [6.07, 6.45) is 20.2. The lowest BCUT2D eigenvalue weighted by molar-refractivity contribution is -0.297. The minimum Gasteiger partial charge on any atom is -0.462 e. The van der Waals surface area contributed by atoms with Gasteiger partial charge in [0.15, 0.2) is 12.4 Å². The van der Waals surface area contributed by atoms with Gasteiger partial charge in [0.25, 0.3) is 10.1 Å². The van der Waals surface area contributed by atoms with Gasteiger partial charge in [-0.1, -0.05) is 162 Å². The lowest BCUT2D eigenvalue weighted by Gasteiger charge is -2.40. The van der Waals surface area contributed by atoms with Crippen LogP contribution in [0.4, 0.5) is 0 Å². The molecule has 1 aliphatic rings. The minimum atomic E-state index is -4.59. The van der Waals surface area contributed by atoms with Crippen LogP contribution in [0.5, 0.6) is 0 Å². The van der Waals surface area contributed by atoms with Crippen molar-refractivity contribution in [2.75, 3.05) is 19.0 Å². The van der Waals surface area contributed by atoms with Gasteiger partial charge in [0.1, 0.15) is 36.8 Å². The van der Waals surface area contributed by atoms with E-state index in [2.05, 4.69) is 13.8 Å². The second-order valence-corrected chi connectivity index (χ2v) is 16.5. The van der Waals surface area contributed by atoms with Gasteiger partial charge in [-0.2, -0.15) is 8.42 Å². The second kappa shape index (κ2) is 31.8. The highest BCUT2D eigenvalue weighted by molar-refractivity contribution is 7.85. The summed E-state index contributed by atoms with van der Waals surface area (Å²) in [5.41, 5.74) is 0. The van der Waals surface area contributed by atoms with Crippen LogP contribution >= 0.6 is 0 Å². The van der Waals surface area contributed by atoms with Gasteiger partial charge in [-0.15, -0.1) is 0 Å². The van der Waals surface area contributed by atoms with E-state index in [1.807, 2.05) is 0 Å². The molecule has 0 aromatic carbocycles. The van der Waals surface area contributed by atoms with E-state index in [-0.39, 0.29) is 19.4 Å². The first-order valence-corrected chi connectivity index (χ1v) is 22.7. The van der Waals surface area contributed by atoms with Crippen LogP contribution in [-0.2, 0) is 38.7 Å². The van der Waals surface area contributed by atoms with Crippen LogP contribution in [0.2, 0.25) is 0 Å². The standard InChI is InChI=1S/C40H76O12S/c1-3-5-7-9-11-13-15-16-17-18-19-21-23-25-27-29-36(42)51-33(30-49-35(41)28-26-24-22-20-14-12-10-8-6-4-2)31-50-40-39(45)38(44)37(43)34(52-40)32-53(46,47)48/h33-34,37-40,43-45H,3-32H2,1-2H3,(H,46,47,48)/t33-,34-,37-,38?,39?,40+/m1/s1. The maximum Gasteiger partial charge on any atom is 0.306 e. The van der Waals surface area contributed by atoms with Crippen LogP contribution in [-0.4, -0.2) is 96.0 Å². The highest BCUT2D eigenvalue weighted by Gasteiger charge is 2.46. The predicted octanol–water partition coefficient (Wildman–Crippen LogP) is 7.73. The fourth-order valence-electron chi connectivity index (χ4n) is 6.62. The normalized spacial score (nSPS) is 21.1. The summed E-state index contributed by atoms with van der Waals surface area (Å²) in [4.78, 5) is 25.3. The summed E-state index contributed by atoms with van der Waals surface area (Å²) in [5.74, 6) is -1.97. The van der Waals surface area contributed by atoms with Gasteiger partial charge in [-0.25, -0.2) is 0 Å². The molecule has 53 heavy (non-hydrogen) atoms. The number of carbonyl (C=O) groups excluding carboxylic acids is 2. The fourth-order valence-corrected chi connectivity index (χ4v) is 7.31. The molecule has 2 unspecified atom stereocenters. The molecule has 12 nitrogen and oxygen atoms in total. The molecule has 4 N–H and O–H groups in total. The summed E-state index contributed by atoms with van der Waals surface area (Å²) in [7, 11) is -4.59. The molecule has 0 amide bonds. The van der Waals surface area contributed by atoms with E-state index < -0.39 is 71.2 Å². The number of unbranched alkanes of at least 4 members (excludes halogenated alkanes) is 23. The van der Waals surface area contributed by atoms with Gasteiger partial charge in [0.05, 0.1) is 6.61 Å². The van der Waals surface area contributed by atoms with Gasteiger partial charge in [0.2, 0.25) is 0 Å². The van der Waals surface area contributed by atoms with Crippen LogP contribution in [0.15, 0.2) is 0 Å². The Morgan fingerprint density at radius 2 is 0.962 bits per heavy atom. The molecular weight excluding hydrogens is 704 g/mol. The molecule has 0 bridgehead atoms. The smallest absolute Gasteiger partial charge is 0.306 e. The van der Waals surface area contributed by atoms with E-state index in [0.717, 1.165) is 38.5 Å². The Labute approximate surface area is 321 Å². The molecule has 1 heterocycles. The van der Waals surface area contributed by atoms with Crippen molar-refractivity contribution in [1.29, 1.82) is 0 Å². The maximum atomic E-state index is 12.8. The SMILES string of the molecule is CCCCCCCCCCCCCCCCCC(=O)O[C@H](COC(=O)CCCCCCCCCCCC)CO[C@H]1O[C@H](CS(=O)(=O)O)[C@@H](O)C(O)C1O. The molecular formula is C40H76O12S. The first kappa shape index (κ1) is 49.7. The molecule has 1 saturated heterocycles. The van der Waals surface area contributed by atoms with E-state index in [4.69, 9.17) is 18.9 Å². The highest BCUT2D eigenvalue weighted by atomic mass is 32.2. The van der Waals surface area contributed by atoms with E-state index in [1.54, 1.807) is 0 Å². The van der Waals surface area contributed by atoms with Crippen LogP contribution in [0.1, 0.15) is 187 Å². The van der Waals surface area contributed by atoms with E-state index >= 15 is 0 Å². The highest BCUT2D eigenvalue weighted by Crippen LogP contribution is 2.24. The second-order valence-electron chi connectivity index (χ2n) is 15.0. The van der Waals surface area contributed by atoms with Crippen molar-refractivity contribution in [3.63, 3.8) is 0 Å². The molecule has 13 heteroatoms. The number of hydrogen-bond donors (Lipinski definition) is 4. The molecule has 0 aromatic heterocycles. The number of ether oxygens (including phenoxy) is 4. The Bertz CT molecular complexity index is 1010. The zero-order valence-electron chi connectivity index (χ0n) is 33.1. The van der Waals surface area contributed by atoms with Crippen molar-refractivity contribution in [2.45, 2.75) is 224 Å². The van der Waals surface area contributed by atoms with Crippen LogP contribution < -0.4 is 0 Å². The number of rotatable bonds is 35. The molecule has 1 fully saturated rings. The number of carbonyl (C=O) groups is 2. The van der Waals surface area contributed by atoms with Crippen molar-refractivity contribution < 1.29 is 56.8 Å². The molecule has 1 rings (SSSR count). The summed E-state index contributed by atoms with van der Waals surface area (Å²) in [6, 6.07) is 0. The Kier molecular flexibility index (Phi) is 29.8. The Morgan fingerprint density at radius 1 is 0.566 bits per heavy atom. The van der Waals surface area contributed by atoms with Crippen molar-refractivity contribution in [1.82, 2.24) is 0 Å². The van der Waals surface area contributed by atoms with Crippen LogP contribution in [0.3, 0.4) is 0 Å². The van der Waals surface area contributed by atoms with Gasteiger partial charge < -0.3 is 34.3 Å². The first-order valence-electron chi connectivity index (χ1n) is 21.1. The fraction of sp³-hybridized carbons (Fsp3) is 0.950. The number of aliphatic hydroxyl groups is 3. The monoisotopic (exact) mass is 781 g/mol. The summed E-state index contributed by atoms with van der Waals surface area (Å²) in [5, 5.41) is 30.8. The van der Waals surface area contributed by atoms with E-state index in [1.165, 1.54) is 109 Å². The first-order chi connectivity index (χ1) is 25.5. The molecule has 314 valence electrons. The average Bonchev–Trinajstić information content (AvgIpc) is 3.12. The molecule has 1 aliphatic heterocycles. The third-order valence-electron chi connectivity index (χ3n) is 9.94. The third-order valence-corrected chi connectivity index (χ3v) is 10.7. The van der Waals surface area contributed by atoms with Gasteiger partial charge in [-0.05, 0) is 12.8 Å². The van der Waals surface area contributed by atoms with Crippen molar-refractivity contribution >= 4 is 22.1 Å².